The Bertz CT molecular complexity index is 859. The Morgan fingerprint density at radius 2 is 1.60 bits per heavy atom. The highest BCUT2D eigenvalue weighted by Gasteiger charge is 2.56. The van der Waals surface area contributed by atoms with E-state index in [4.69, 9.17) is 13.7 Å². The molecule has 198 valence electrons. The minimum atomic E-state index is -2.01. The van der Waals surface area contributed by atoms with Gasteiger partial charge in [0.2, 0.25) is 0 Å². The first-order chi connectivity index (χ1) is 16.0. The van der Waals surface area contributed by atoms with Crippen LogP contribution in [0, 0.1) is 5.92 Å². The van der Waals surface area contributed by atoms with E-state index in [0.717, 1.165) is 32.4 Å². The highest BCUT2D eigenvalue weighted by molar-refractivity contribution is 6.74. The van der Waals surface area contributed by atoms with Gasteiger partial charge in [-0.15, -0.1) is 6.58 Å². The lowest BCUT2D eigenvalue weighted by molar-refractivity contribution is -0.166. The molecule has 0 spiro atoms. The first-order valence-electron chi connectivity index (χ1n) is 13.4. The van der Waals surface area contributed by atoms with Crippen molar-refractivity contribution in [2.45, 2.75) is 121 Å². The number of benzene rings is 1. The van der Waals surface area contributed by atoms with E-state index in [1.54, 1.807) is 0 Å². The molecule has 1 aliphatic carbocycles. The fourth-order valence-corrected chi connectivity index (χ4v) is 8.13. The van der Waals surface area contributed by atoms with Gasteiger partial charge >= 0.3 is 0 Å². The minimum Gasteiger partial charge on any atom is -0.412 e. The smallest absolute Gasteiger partial charge is 0.192 e. The number of hydroxylamine groups is 2. The van der Waals surface area contributed by atoms with E-state index in [1.807, 2.05) is 0 Å². The van der Waals surface area contributed by atoms with Crippen molar-refractivity contribution in [2.24, 2.45) is 5.92 Å². The van der Waals surface area contributed by atoms with Gasteiger partial charge in [-0.2, -0.15) is 5.06 Å². The molecule has 0 radical (unpaired) electrons. The third-order valence-corrected chi connectivity index (χ3v) is 18.1. The Morgan fingerprint density at radius 3 is 2.14 bits per heavy atom. The van der Waals surface area contributed by atoms with Crippen LogP contribution in [0.4, 0.5) is 0 Å². The number of hydrogen-bond acceptors (Lipinski definition) is 4. The SMILES string of the molecule is C=CC[C@]1(O[Si](C)(C)C(C)(C)C)C[C@H]2CON(Cc3ccccc3)[C@H]2[C@@H](O[Si](C)(C)C(C)(C)C)C1. The molecule has 0 amide bonds. The van der Waals surface area contributed by atoms with Crippen LogP contribution in [0.1, 0.15) is 66.4 Å². The van der Waals surface area contributed by atoms with E-state index in [2.05, 4.69) is 116 Å². The Hall–Kier alpha value is -0.766. The van der Waals surface area contributed by atoms with E-state index in [0.29, 0.717) is 5.92 Å². The molecule has 0 bridgehead atoms. The highest BCUT2D eigenvalue weighted by Crippen LogP contribution is 2.50. The lowest BCUT2D eigenvalue weighted by atomic mass is 9.72. The average molecular weight is 518 g/mol. The van der Waals surface area contributed by atoms with E-state index in [-0.39, 0.29) is 27.8 Å². The molecule has 6 heteroatoms. The molecule has 2 fully saturated rings. The van der Waals surface area contributed by atoms with Crippen molar-refractivity contribution >= 4 is 16.6 Å². The van der Waals surface area contributed by atoms with Gasteiger partial charge in [0.1, 0.15) is 0 Å². The zero-order valence-corrected chi connectivity index (χ0v) is 26.1. The molecule has 2 aliphatic rings. The van der Waals surface area contributed by atoms with E-state index >= 15 is 0 Å². The number of nitrogens with zero attached hydrogens (tertiary/aromatic N) is 1. The van der Waals surface area contributed by atoms with E-state index < -0.39 is 16.6 Å². The quantitative estimate of drug-likeness (QED) is 0.259. The van der Waals surface area contributed by atoms with Crippen LogP contribution in [0.15, 0.2) is 43.0 Å². The summed E-state index contributed by atoms with van der Waals surface area (Å²) in [4.78, 5) is 6.40. The Balaban J connectivity index is 1.97. The Kier molecular flexibility index (Phi) is 8.38. The summed E-state index contributed by atoms with van der Waals surface area (Å²) in [6, 6.07) is 10.9. The van der Waals surface area contributed by atoms with Gasteiger partial charge in [-0.25, -0.2) is 0 Å². The van der Waals surface area contributed by atoms with Crippen molar-refractivity contribution in [1.82, 2.24) is 5.06 Å². The van der Waals surface area contributed by atoms with Crippen LogP contribution < -0.4 is 0 Å². The lowest BCUT2D eigenvalue weighted by Gasteiger charge is -2.53. The summed E-state index contributed by atoms with van der Waals surface area (Å²) in [5, 5.41) is 2.52. The molecule has 4 nitrogen and oxygen atoms in total. The van der Waals surface area contributed by atoms with Crippen molar-refractivity contribution in [2.75, 3.05) is 6.61 Å². The van der Waals surface area contributed by atoms with Crippen molar-refractivity contribution in [1.29, 1.82) is 0 Å². The molecule has 0 N–H and O–H groups in total. The molecule has 35 heavy (non-hydrogen) atoms. The lowest BCUT2D eigenvalue weighted by Crippen LogP contribution is -2.61. The average Bonchev–Trinajstić information content (AvgIpc) is 3.09. The summed E-state index contributed by atoms with van der Waals surface area (Å²) in [5.41, 5.74) is 1.03. The van der Waals surface area contributed by atoms with Gasteiger partial charge in [-0.1, -0.05) is 78.0 Å². The molecule has 1 aromatic rings. The summed E-state index contributed by atoms with van der Waals surface area (Å²) < 4.78 is 14.5. The van der Waals surface area contributed by atoms with E-state index in [1.165, 1.54) is 5.56 Å². The molecule has 1 heterocycles. The second kappa shape index (κ2) is 10.2. The Morgan fingerprint density at radius 1 is 1.00 bits per heavy atom. The number of rotatable bonds is 8. The monoisotopic (exact) mass is 517 g/mol. The van der Waals surface area contributed by atoms with Crippen molar-refractivity contribution in [3.05, 3.63) is 48.6 Å². The fourth-order valence-electron chi connectivity index (χ4n) is 5.16. The minimum absolute atomic E-state index is 0.0746. The molecule has 3 rings (SSSR count). The predicted octanol–water partition coefficient (Wildman–Crippen LogP) is 7.94. The van der Waals surface area contributed by atoms with Crippen LogP contribution >= 0.6 is 0 Å². The zero-order valence-electron chi connectivity index (χ0n) is 24.1. The molecule has 1 saturated carbocycles. The van der Waals surface area contributed by atoms with E-state index in [9.17, 15) is 0 Å². The molecular weight excluding hydrogens is 466 g/mol. The molecular formula is C29H51NO3Si2. The third-order valence-electron chi connectivity index (χ3n) is 9.09. The van der Waals surface area contributed by atoms with Gasteiger partial charge in [0.05, 0.1) is 24.4 Å². The first kappa shape index (κ1) is 28.8. The first-order valence-corrected chi connectivity index (χ1v) is 19.2. The molecule has 1 aromatic carbocycles. The van der Waals surface area contributed by atoms with Crippen LogP contribution in [0.3, 0.4) is 0 Å². The second-order valence-electron chi connectivity index (χ2n) is 14.0. The van der Waals surface area contributed by atoms with Crippen LogP contribution in [0.5, 0.6) is 0 Å². The molecule has 0 unspecified atom stereocenters. The topological polar surface area (TPSA) is 30.9 Å². The van der Waals surface area contributed by atoms with Gasteiger partial charge in [-0.3, -0.25) is 4.84 Å². The molecule has 4 atom stereocenters. The van der Waals surface area contributed by atoms with Crippen LogP contribution in [-0.4, -0.2) is 46.1 Å². The van der Waals surface area contributed by atoms with Crippen LogP contribution in [0.25, 0.3) is 0 Å². The summed E-state index contributed by atoms with van der Waals surface area (Å²) in [6.07, 6.45) is 4.89. The van der Waals surface area contributed by atoms with Crippen LogP contribution in [-0.2, 0) is 20.2 Å². The Labute approximate surface area is 217 Å². The predicted molar refractivity (Wildman–Crippen MR) is 152 cm³/mol. The zero-order chi connectivity index (χ0) is 26.3. The summed E-state index contributed by atoms with van der Waals surface area (Å²) >= 11 is 0. The van der Waals surface area contributed by atoms with Gasteiger partial charge < -0.3 is 8.85 Å². The third kappa shape index (κ3) is 6.39. The summed E-state index contributed by atoms with van der Waals surface area (Å²) in [7, 11) is -4.00. The summed E-state index contributed by atoms with van der Waals surface area (Å²) in [5.74, 6) is 0.381. The highest BCUT2D eigenvalue weighted by atomic mass is 28.4. The summed E-state index contributed by atoms with van der Waals surface area (Å²) in [6.45, 7) is 29.1. The van der Waals surface area contributed by atoms with Crippen LogP contribution in [0.2, 0.25) is 36.3 Å². The van der Waals surface area contributed by atoms with Gasteiger partial charge in [-0.05, 0) is 54.7 Å². The van der Waals surface area contributed by atoms with Crippen molar-refractivity contribution in [3.8, 4) is 0 Å². The van der Waals surface area contributed by atoms with Gasteiger partial charge in [0, 0.05) is 18.9 Å². The molecule has 1 saturated heterocycles. The fraction of sp³-hybridized carbons (Fsp3) is 0.724. The normalized spacial score (nSPS) is 28.7. The maximum Gasteiger partial charge on any atom is 0.192 e. The van der Waals surface area contributed by atoms with Crippen molar-refractivity contribution < 1.29 is 13.7 Å². The standard InChI is InChI=1S/C29H51NO3Si2/c1-12-18-29(33-35(10,11)28(5,6)7)19-24-22-31-30(21-23-16-14-13-15-17-23)26(24)25(20-29)32-34(8,9)27(2,3)4/h12-17,24-26H,1,18-22H2,2-11H3/t24-,25-,26+,29-/m0/s1. The van der Waals surface area contributed by atoms with Gasteiger partial charge in [0.15, 0.2) is 16.6 Å². The molecule has 0 aromatic heterocycles. The number of hydrogen-bond donors (Lipinski definition) is 0. The maximum absolute atomic E-state index is 7.29. The second-order valence-corrected chi connectivity index (χ2v) is 23.5. The van der Waals surface area contributed by atoms with Gasteiger partial charge in [0.25, 0.3) is 0 Å². The van der Waals surface area contributed by atoms with Crippen molar-refractivity contribution in [3.63, 3.8) is 0 Å². The maximum atomic E-state index is 7.29. The molecule has 1 aliphatic heterocycles. The largest absolute Gasteiger partial charge is 0.412 e. The number of fused-ring (bicyclic) bond motifs is 1.